The number of pyridine rings is 1. The minimum absolute atomic E-state index is 0.241. The molecule has 4 aromatic rings. The summed E-state index contributed by atoms with van der Waals surface area (Å²) >= 11 is 0. The topological polar surface area (TPSA) is 92.8 Å². The molecule has 7 nitrogen and oxygen atoms in total. The SMILES string of the molecule is Cc1cc(-n2ncc(C#N)c2NC(=O)C(C)Oc2ccccc2C(C)C)nc2ccccc12. The van der Waals surface area contributed by atoms with E-state index in [4.69, 9.17) is 4.74 Å². The van der Waals surface area contributed by atoms with Gasteiger partial charge in [-0.1, -0.05) is 50.2 Å². The lowest BCUT2D eigenvalue weighted by molar-refractivity contribution is -0.122. The molecule has 1 atom stereocenters. The highest BCUT2D eigenvalue weighted by Gasteiger charge is 2.22. The minimum atomic E-state index is -0.786. The second kappa shape index (κ2) is 9.13. The number of carbonyl (C=O) groups is 1. The molecule has 33 heavy (non-hydrogen) atoms. The monoisotopic (exact) mass is 439 g/mol. The third-order valence-electron chi connectivity index (χ3n) is 5.47. The van der Waals surface area contributed by atoms with Crippen molar-refractivity contribution in [2.45, 2.75) is 39.7 Å². The fourth-order valence-electron chi connectivity index (χ4n) is 3.69. The Bertz CT molecular complexity index is 1370. The number of hydrogen-bond donors (Lipinski definition) is 1. The van der Waals surface area contributed by atoms with Gasteiger partial charge in [-0.15, -0.1) is 0 Å². The number of benzene rings is 2. The molecule has 4 rings (SSSR count). The number of ether oxygens (including phenoxy) is 1. The molecule has 0 aliphatic carbocycles. The van der Waals surface area contributed by atoms with Crippen LogP contribution in [0.4, 0.5) is 5.82 Å². The van der Waals surface area contributed by atoms with Gasteiger partial charge < -0.3 is 10.1 Å². The minimum Gasteiger partial charge on any atom is -0.481 e. The number of aryl methyl sites for hydroxylation is 1. The molecule has 1 amide bonds. The molecule has 0 aliphatic heterocycles. The summed E-state index contributed by atoms with van der Waals surface area (Å²) in [7, 11) is 0. The summed E-state index contributed by atoms with van der Waals surface area (Å²) in [5, 5.41) is 17.7. The maximum absolute atomic E-state index is 13.0. The first-order valence-corrected chi connectivity index (χ1v) is 10.8. The Morgan fingerprint density at radius 1 is 1.12 bits per heavy atom. The molecule has 0 bridgehead atoms. The summed E-state index contributed by atoms with van der Waals surface area (Å²) in [6, 6.07) is 19.4. The van der Waals surface area contributed by atoms with Gasteiger partial charge >= 0.3 is 0 Å². The van der Waals surface area contributed by atoms with Crippen LogP contribution in [0.15, 0.2) is 60.8 Å². The molecular weight excluding hydrogens is 414 g/mol. The number of para-hydroxylation sites is 2. The third-order valence-corrected chi connectivity index (χ3v) is 5.47. The molecule has 0 aliphatic rings. The van der Waals surface area contributed by atoms with Gasteiger partial charge in [0.2, 0.25) is 0 Å². The largest absolute Gasteiger partial charge is 0.481 e. The first-order chi connectivity index (χ1) is 15.9. The number of fused-ring (bicyclic) bond motifs is 1. The predicted octanol–water partition coefficient (Wildman–Crippen LogP) is 5.13. The average Bonchev–Trinajstić information content (AvgIpc) is 3.21. The Kier molecular flexibility index (Phi) is 6.09. The van der Waals surface area contributed by atoms with Crippen molar-refractivity contribution in [2.75, 3.05) is 5.32 Å². The summed E-state index contributed by atoms with van der Waals surface area (Å²) < 4.78 is 7.45. The molecule has 0 fully saturated rings. The molecule has 2 heterocycles. The Morgan fingerprint density at radius 3 is 2.61 bits per heavy atom. The van der Waals surface area contributed by atoms with Gasteiger partial charge in [0.15, 0.2) is 17.7 Å². The van der Waals surface area contributed by atoms with Crippen LogP contribution < -0.4 is 10.1 Å². The number of amides is 1. The van der Waals surface area contributed by atoms with Gasteiger partial charge in [-0.2, -0.15) is 15.0 Å². The first-order valence-electron chi connectivity index (χ1n) is 10.8. The number of nitriles is 1. The Hall–Kier alpha value is -4.18. The van der Waals surface area contributed by atoms with Crippen molar-refractivity contribution in [3.63, 3.8) is 0 Å². The summed E-state index contributed by atoms with van der Waals surface area (Å²) in [5.74, 6) is 1.31. The molecule has 0 saturated carbocycles. The molecule has 7 heteroatoms. The van der Waals surface area contributed by atoms with E-state index in [0.717, 1.165) is 22.0 Å². The van der Waals surface area contributed by atoms with Gasteiger partial charge in [0.25, 0.3) is 5.91 Å². The number of rotatable bonds is 6. The van der Waals surface area contributed by atoms with Crippen LogP contribution in [0.25, 0.3) is 16.7 Å². The molecule has 166 valence electrons. The molecule has 2 aromatic carbocycles. The second-order valence-electron chi connectivity index (χ2n) is 8.19. The van der Waals surface area contributed by atoms with Crippen LogP contribution in [0, 0.1) is 18.3 Å². The van der Waals surface area contributed by atoms with E-state index in [1.807, 2.05) is 61.5 Å². The lowest BCUT2D eigenvalue weighted by atomic mass is 10.0. The summed E-state index contributed by atoms with van der Waals surface area (Å²) in [5.41, 5.74) is 3.09. The fourth-order valence-corrected chi connectivity index (χ4v) is 3.69. The maximum Gasteiger partial charge on any atom is 0.266 e. The highest BCUT2D eigenvalue weighted by molar-refractivity contribution is 5.94. The smallest absolute Gasteiger partial charge is 0.266 e. The van der Waals surface area contributed by atoms with E-state index in [2.05, 4.69) is 35.3 Å². The summed E-state index contributed by atoms with van der Waals surface area (Å²) in [4.78, 5) is 17.7. The average molecular weight is 440 g/mol. The van der Waals surface area contributed by atoms with Gasteiger partial charge in [0, 0.05) is 5.39 Å². The van der Waals surface area contributed by atoms with Crippen molar-refractivity contribution in [1.29, 1.82) is 5.26 Å². The van der Waals surface area contributed by atoms with Crippen LogP contribution >= 0.6 is 0 Å². The van der Waals surface area contributed by atoms with Gasteiger partial charge in [-0.05, 0) is 49.1 Å². The van der Waals surface area contributed by atoms with E-state index in [1.165, 1.54) is 10.9 Å². The van der Waals surface area contributed by atoms with Crippen molar-refractivity contribution in [3.8, 4) is 17.6 Å². The normalized spacial score (nSPS) is 11.9. The van der Waals surface area contributed by atoms with Crippen molar-refractivity contribution in [2.24, 2.45) is 0 Å². The molecule has 0 radical (unpaired) electrons. The van der Waals surface area contributed by atoms with E-state index >= 15 is 0 Å². The molecule has 0 saturated heterocycles. The number of nitrogens with one attached hydrogen (secondary N) is 1. The first kappa shape index (κ1) is 22.0. The Morgan fingerprint density at radius 2 is 1.85 bits per heavy atom. The molecule has 2 aromatic heterocycles. The molecule has 1 N–H and O–H groups in total. The van der Waals surface area contributed by atoms with Crippen molar-refractivity contribution < 1.29 is 9.53 Å². The zero-order valence-corrected chi connectivity index (χ0v) is 19.0. The molecule has 1 unspecified atom stereocenters. The Labute approximate surface area is 192 Å². The highest BCUT2D eigenvalue weighted by atomic mass is 16.5. The van der Waals surface area contributed by atoms with Crippen LogP contribution in [-0.4, -0.2) is 26.8 Å². The number of hydrogen-bond acceptors (Lipinski definition) is 5. The molecular formula is C26H25N5O2. The third kappa shape index (κ3) is 4.41. The van der Waals surface area contributed by atoms with E-state index < -0.39 is 6.10 Å². The fraction of sp³-hybridized carbons (Fsp3) is 0.231. The summed E-state index contributed by atoms with van der Waals surface area (Å²) in [6.07, 6.45) is 0.632. The van der Waals surface area contributed by atoms with E-state index in [1.54, 1.807) is 6.92 Å². The van der Waals surface area contributed by atoms with Gasteiger partial charge in [0.05, 0.1) is 11.7 Å². The molecule has 0 spiro atoms. The number of nitrogens with zero attached hydrogens (tertiary/aromatic N) is 4. The van der Waals surface area contributed by atoms with E-state index in [9.17, 15) is 10.1 Å². The number of aromatic nitrogens is 3. The second-order valence-corrected chi connectivity index (χ2v) is 8.19. The van der Waals surface area contributed by atoms with Crippen molar-refractivity contribution >= 4 is 22.6 Å². The van der Waals surface area contributed by atoms with Gasteiger partial charge in [0.1, 0.15) is 17.4 Å². The van der Waals surface area contributed by atoms with Gasteiger partial charge in [-0.3, -0.25) is 4.79 Å². The van der Waals surface area contributed by atoms with Gasteiger partial charge in [-0.25, -0.2) is 4.98 Å². The van der Waals surface area contributed by atoms with Crippen molar-refractivity contribution in [3.05, 3.63) is 77.5 Å². The van der Waals surface area contributed by atoms with Crippen molar-refractivity contribution in [1.82, 2.24) is 14.8 Å². The zero-order valence-electron chi connectivity index (χ0n) is 19.0. The predicted molar refractivity (Wildman–Crippen MR) is 128 cm³/mol. The van der Waals surface area contributed by atoms with Crippen LogP contribution in [0.1, 0.15) is 43.4 Å². The summed E-state index contributed by atoms with van der Waals surface area (Å²) in [6.45, 7) is 7.81. The Balaban J connectivity index is 1.64. The van der Waals surface area contributed by atoms with E-state index in [0.29, 0.717) is 11.6 Å². The zero-order chi connectivity index (χ0) is 23.5. The quantitative estimate of drug-likeness (QED) is 0.450. The number of anilines is 1. The van der Waals surface area contributed by atoms with Crippen LogP contribution in [-0.2, 0) is 4.79 Å². The van der Waals surface area contributed by atoms with Crippen LogP contribution in [0.3, 0.4) is 0 Å². The van der Waals surface area contributed by atoms with Crippen LogP contribution in [0.2, 0.25) is 0 Å². The van der Waals surface area contributed by atoms with Crippen LogP contribution in [0.5, 0.6) is 5.75 Å². The lowest BCUT2D eigenvalue weighted by Gasteiger charge is -2.19. The number of carbonyl (C=O) groups excluding carboxylic acids is 1. The lowest BCUT2D eigenvalue weighted by Crippen LogP contribution is -2.31. The van der Waals surface area contributed by atoms with E-state index in [-0.39, 0.29) is 23.2 Å². The maximum atomic E-state index is 13.0. The standard InChI is InChI=1S/C26H25N5O2/c1-16(2)20-9-6-8-12-23(20)33-18(4)26(32)30-25-19(14-27)15-28-31(25)24-13-17(3)21-10-5-7-11-22(21)29-24/h5-13,15-16,18H,1-4H3,(H,30,32). The highest BCUT2D eigenvalue weighted by Crippen LogP contribution is 2.27.